The third kappa shape index (κ3) is 2.61. The van der Waals surface area contributed by atoms with Crippen LogP contribution in [0.15, 0.2) is 18.6 Å². The van der Waals surface area contributed by atoms with Crippen LogP contribution in [0, 0.1) is 0 Å². The van der Waals surface area contributed by atoms with Gasteiger partial charge in [-0.2, -0.15) is 0 Å². The minimum Gasteiger partial charge on any atom is -0.598 e. The number of aromatic nitrogens is 2. The van der Waals surface area contributed by atoms with Crippen molar-refractivity contribution >= 4 is 11.4 Å². The predicted molar refractivity (Wildman–Crippen MR) is 68.6 cm³/mol. The predicted octanol–water partition coefficient (Wildman–Crippen LogP) is 1.91. The van der Waals surface area contributed by atoms with Gasteiger partial charge in [-0.3, -0.25) is 9.97 Å². The second kappa shape index (κ2) is 4.55. The van der Waals surface area contributed by atoms with Crippen LogP contribution in [0.4, 0.5) is 0 Å². The average Bonchev–Trinajstić information content (AvgIpc) is 2.23. The summed E-state index contributed by atoms with van der Waals surface area (Å²) in [6.07, 6.45) is 8.23. The normalized spacial score (nSPS) is 20.7. The van der Waals surface area contributed by atoms with E-state index in [0.717, 1.165) is 25.0 Å². The quantitative estimate of drug-likeness (QED) is 0.836. The lowest BCUT2D eigenvalue weighted by Crippen LogP contribution is -2.55. The molecule has 1 aromatic rings. The van der Waals surface area contributed by atoms with Crippen LogP contribution in [-0.2, 0) is 16.9 Å². The highest BCUT2D eigenvalue weighted by molar-refractivity contribution is 7.90. The van der Waals surface area contributed by atoms with Gasteiger partial charge in [-0.1, -0.05) is 0 Å². The summed E-state index contributed by atoms with van der Waals surface area (Å²) in [6, 6.07) is 0. The first-order chi connectivity index (χ1) is 7.94. The van der Waals surface area contributed by atoms with Gasteiger partial charge in [-0.15, -0.1) is 4.72 Å². The topological polar surface area (TPSA) is 60.9 Å². The summed E-state index contributed by atoms with van der Waals surface area (Å²) in [4.78, 5) is 8.45. The molecule has 0 saturated heterocycles. The van der Waals surface area contributed by atoms with Gasteiger partial charge >= 0.3 is 0 Å². The van der Waals surface area contributed by atoms with Gasteiger partial charge in [0, 0.05) is 23.8 Å². The largest absolute Gasteiger partial charge is 0.598 e. The summed E-state index contributed by atoms with van der Waals surface area (Å²) in [5.74, 6) is 0. The SMILES string of the molecule is CC(C)(C)[S+]([O-])NC1(c2cnccn2)CCC1. The van der Waals surface area contributed by atoms with E-state index in [1.54, 1.807) is 18.6 Å². The molecule has 1 N–H and O–H groups in total. The maximum absolute atomic E-state index is 12.2. The van der Waals surface area contributed by atoms with E-state index in [0.29, 0.717) is 0 Å². The van der Waals surface area contributed by atoms with Gasteiger partial charge in [-0.05, 0) is 40.0 Å². The first-order valence-electron chi connectivity index (χ1n) is 5.90. The maximum Gasteiger partial charge on any atom is 0.136 e. The number of nitrogens with one attached hydrogen (secondary N) is 1. The molecular formula is C12H19N3OS. The van der Waals surface area contributed by atoms with Crippen molar-refractivity contribution in [3.8, 4) is 0 Å². The van der Waals surface area contributed by atoms with Crippen LogP contribution in [0.2, 0.25) is 0 Å². The monoisotopic (exact) mass is 253 g/mol. The Labute approximate surface area is 106 Å². The fraction of sp³-hybridized carbons (Fsp3) is 0.667. The zero-order valence-electron chi connectivity index (χ0n) is 10.6. The molecule has 0 bridgehead atoms. The smallest absolute Gasteiger partial charge is 0.136 e. The van der Waals surface area contributed by atoms with Crippen LogP contribution in [-0.4, -0.2) is 19.3 Å². The molecule has 0 aromatic carbocycles. The van der Waals surface area contributed by atoms with Crippen molar-refractivity contribution in [3.63, 3.8) is 0 Å². The molecule has 17 heavy (non-hydrogen) atoms. The molecule has 0 spiro atoms. The molecular weight excluding hydrogens is 234 g/mol. The Balaban J connectivity index is 2.16. The van der Waals surface area contributed by atoms with E-state index < -0.39 is 11.4 Å². The van der Waals surface area contributed by atoms with E-state index in [9.17, 15) is 4.55 Å². The number of nitrogens with zero attached hydrogens (tertiary/aromatic N) is 2. The van der Waals surface area contributed by atoms with Crippen LogP contribution in [0.5, 0.6) is 0 Å². The van der Waals surface area contributed by atoms with E-state index in [-0.39, 0.29) is 10.3 Å². The minimum atomic E-state index is -1.07. The van der Waals surface area contributed by atoms with Crippen LogP contribution in [0.1, 0.15) is 45.7 Å². The molecule has 0 aliphatic heterocycles. The molecule has 1 aromatic heterocycles. The van der Waals surface area contributed by atoms with Gasteiger partial charge in [0.2, 0.25) is 0 Å². The standard InChI is InChI=1S/C12H19N3OS/c1-11(2,3)17(16)15-12(5-4-6-12)10-9-13-7-8-14-10/h7-9,15H,4-6H2,1-3H3. The third-order valence-electron chi connectivity index (χ3n) is 3.10. The fourth-order valence-electron chi connectivity index (χ4n) is 1.82. The van der Waals surface area contributed by atoms with Gasteiger partial charge in [-0.25, -0.2) is 0 Å². The molecule has 1 aliphatic carbocycles. The van der Waals surface area contributed by atoms with E-state index in [4.69, 9.17) is 0 Å². The van der Waals surface area contributed by atoms with Crippen molar-refractivity contribution in [2.45, 2.75) is 50.3 Å². The molecule has 4 nitrogen and oxygen atoms in total. The van der Waals surface area contributed by atoms with E-state index in [1.807, 2.05) is 20.8 Å². The van der Waals surface area contributed by atoms with Gasteiger partial charge < -0.3 is 4.55 Å². The lowest BCUT2D eigenvalue weighted by atomic mass is 9.75. The molecule has 0 radical (unpaired) electrons. The van der Waals surface area contributed by atoms with E-state index in [2.05, 4.69) is 14.7 Å². The molecule has 1 heterocycles. The Bertz CT molecular complexity index is 373. The molecule has 5 heteroatoms. The lowest BCUT2D eigenvalue weighted by molar-refractivity contribution is 0.215. The second-order valence-electron chi connectivity index (χ2n) is 5.51. The summed E-state index contributed by atoms with van der Waals surface area (Å²) in [6.45, 7) is 5.91. The van der Waals surface area contributed by atoms with Crippen LogP contribution in [0.25, 0.3) is 0 Å². The van der Waals surface area contributed by atoms with Gasteiger partial charge in [0.1, 0.15) is 10.3 Å². The van der Waals surface area contributed by atoms with Crippen LogP contribution < -0.4 is 4.72 Å². The van der Waals surface area contributed by atoms with Crippen molar-refractivity contribution in [1.29, 1.82) is 0 Å². The highest BCUT2D eigenvalue weighted by Crippen LogP contribution is 2.41. The van der Waals surface area contributed by atoms with Gasteiger partial charge in [0.25, 0.3) is 0 Å². The molecule has 1 fully saturated rings. The highest BCUT2D eigenvalue weighted by Gasteiger charge is 2.46. The zero-order chi connectivity index (χ0) is 12.5. The van der Waals surface area contributed by atoms with Crippen molar-refractivity contribution < 1.29 is 4.55 Å². The van der Waals surface area contributed by atoms with Gasteiger partial charge in [0.15, 0.2) is 0 Å². The summed E-state index contributed by atoms with van der Waals surface area (Å²) in [5, 5.41) is 0. The summed E-state index contributed by atoms with van der Waals surface area (Å²) in [5.41, 5.74) is 0.677. The molecule has 1 aliphatic rings. The summed E-state index contributed by atoms with van der Waals surface area (Å²) in [7, 11) is 0. The molecule has 2 rings (SSSR count). The van der Waals surface area contributed by atoms with Gasteiger partial charge in [0.05, 0.1) is 11.9 Å². The lowest BCUT2D eigenvalue weighted by Gasteiger charge is -2.42. The van der Waals surface area contributed by atoms with Crippen LogP contribution >= 0.6 is 0 Å². The van der Waals surface area contributed by atoms with Crippen LogP contribution in [0.3, 0.4) is 0 Å². The Morgan fingerprint density at radius 1 is 1.35 bits per heavy atom. The van der Waals surface area contributed by atoms with Crippen molar-refractivity contribution in [2.75, 3.05) is 0 Å². The minimum absolute atomic E-state index is 0.230. The van der Waals surface area contributed by atoms with Crippen molar-refractivity contribution in [3.05, 3.63) is 24.3 Å². The maximum atomic E-state index is 12.2. The second-order valence-corrected chi connectivity index (χ2v) is 7.48. The number of hydrogen-bond acceptors (Lipinski definition) is 4. The first kappa shape index (κ1) is 12.8. The summed E-state index contributed by atoms with van der Waals surface area (Å²) >= 11 is -1.07. The van der Waals surface area contributed by atoms with Crippen molar-refractivity contribution in [2.24, 2.45) is 0 Å². The molecule has 0 amide bonds. The molecule has 94 valence electrons. The Morgan fingerprint density at radius 3 is 2.47 bits per heavy atom. The van der Waals surface area contributed by atoms with E-state index >= 15 is 0 Å². The Morgan fingerprint density at radius 2 is 2.06 bits per heavy atom. The third-order valence-corrected chi connectivity index (χ3v) is 4.79. The van der Waals surface area contributed by atoms with E-state index in [1.165, 1.54) is 0 Å². The summed E-state index contributed by atoms with van der Waals surface area (Å²) < 4.78 is 15.2. The Kier molecular flexibility index (Phi) is 3.43. The van der Waals surface area contributed by atoms with Crippen molar-refractivity contribution in [1.82, 2.24) is 14.7 Å². The Hall–Kier alpha value is -0.650. The molecule has 1 saturated carbocycles. The number of rotatable bonds is 3. The molecule has 1 atom stereocenters. The average molecular weight is 253 g/mol. The highest BCUT2D eigenvalue weighted by atomic mass is 32.2. The zero-order valence-corrected chi connectivity index (χ0v) is 11.4. The molecule has 1 unspecified atom stereocenters. The first-order valence-corrected chi connectivity index (χ1v) is 7.05. The fourth-order valence-corrected chi connectivity index (χ4v) is 2.79. The number of hydrogen-bond donors (Lipinski definition) is 1.